The number of amides is 2. The summed E-state index contributed by atoms with van der Waals surface area (Å²) in [5, 5.41) is 5.47. The van der Waals surface area contributed by atoms with Crippen LogP contribution in [-0.2, 0) is 14.8 Å². The number of hydrogen-bond donors (Lipinski definition) is 3. The molecule has 3 rings (SSSR count). The summed E-state index contributed by atoms with van der Waals surface area (Å²) in [7, 11) is -3.75. The topological polar surface area (TPSA) is 104 Å². The number of aryl methyl sites for hydroxylation is 3. The van der Waals surface area contributed by atoms with Crippen molar-refractivity contribution in [3.8, 4) is 0 Å². The van der Waals surface area contributed by atoms with Gasteiger partial charge in [0, 0.05) is 18.2 Å². The summed E-state index contributed by atoms with van der Waals surface area (Å²) in [6, 6.07) is 16.4. The van der Waals surface area contributed by atoms with Crippen LogP contribution in [0.2, 0.25) is 0 Å². The van der Waals surface area contributed by atoms with Gasteiger partial charge in [-0.15, -0.1) is 0 Å². The first kappa shape index (κ1) is 23.0. The van der Waals surface area contributed by atoms with Gasteiger partial charge in [0.1, 0.15) is 0 Å². The molecule has 3 N–H and O–H groups in total. The van der Waals surface area contributed by atoms with Gasteiger partial charge < -0.3 is 10.6 Å². The number of hydrogen-bond acceptors (Lipinski definition) is 4. The molecule has 0 heterocycles. The van der Waals surface area contributed by atoms with Crippen molar-refractivity contribution in [1.29, 1.82) is 0 Å². The van der Waals surface area contributed by atoms with Crippen molar-refractivity contribution in [1.82, 2.24) is 0 Å². The summed E-state index contributed by atoms with van der Waals surface area (Å²) in [5.41, 5.74) is 4.47. The maximum Gasteiger partial charge on any atom is 0.261 e. The molecule has 0 atom stereocenters. The van der Waals surface area contributed by atoms with Gasteiger partial charge in [-0.3, -0.25) is 14.3 Å². The van der Waals surface area contributed by atoms with Gasteiger partial charge >= 0.3 is 0 Å². The summed E-state index contributed by atoms with van der Waals surface area (Å²) in [6.07, 6.45) is 0. The molecule has 8 heteroatoms. The SMILES string of the molecule is CC(=O)Nc1ccc(C)cc1NC(=O)c1ccc(NS(=O)(=O)c2ccc(C)c(C)c2)cc1. The Morgan fingerprint density at radius 2 is 1.44 bits per heavy atom. The molecule has 2 amide bonds. The Hall–Kier alpha value is -3.65. The average Bonchev–Trinajstić information content (AvgIpc) is 2.72. The van der Waals surface area contributed by atoms with E-state index in [1.807, 2.05) is 26.8 Å². The molecule has 0 aliphatic carbocycles. The highest BCUT2D eigenvalue weighted by molar-refractivity contribution is 7.92. The van der Waals surface area contributed by atoms with Crippen molar-refractivity contribution in [3.05, 3.63) is 82.9 Å². The number of carbonyl (C=O) groups excluding carboxylic acids is 2. The molecule has 0 fully saturated rings. The zero-order valence-corrected chi connectivity index (χ0v) is 19.1. The van der Waals surface area contributed by atoms with Gasteiger partial charge in [-0.2, -0.15) is 0 Å². The van der Waals surface area contributed by atoms with Crippen LogP contribution >= 0.6 is 0 Å². The Morgan fingerprint density at radius 1 is 0.750 bits per heavy atom. The van der Waals surface area contributed by atoms with Gasteiger partial charge in [0.2, 0.25) is 5.91 Å². The van der Waals surface area contributed by atoms with Gasteiger partial charge in [-0.25, -0.2) is 8.42 Å². The van der Waals surface area contributed by atoms with Crippen molar-refractivity contribution < 1.29 is 18.0 Å². The molecule has 32 heavy (non-hydrogen) atoms. The first-order chi connectivity index (χ1) is 15.0. The number of nitrogens with one attached hydrogen (secondary N) is 3. The molecule has 0 aliphatic rings. The van der Waals surface area contributed by atoms with Gasteiger partial charge in [-0.1, -0.05) is 12.1 Å². The first-order valence-electron chi connectivity index (χ1n) is 9.95. The molecular formula is C24H25N3O4S. The van der Waals surface area contributed by atoms with Crippen LogP contribution in [0.1, 0.15) is 34.0 Å². The maximum absolute atomic E-state index is 12.7. The Morgan fingerprint density at radius 3 is 2.06 bits per heavy atom. The van der Waals surface area contributed by atoms with E-state index in [1.165, 1.54) is 31.2 Å². The Bertz CT molecular complexity index is 1280. The summed E-state index contributed by atoms with van der Waals surface area (Å²) >= 11 is 0. The van der Waals surface area contributed by atoms with Crippen molar-refractivity contribution >= 4 is 38.9 Å². The third kappa shape index (κ3) is 5.53. The molecular weight excluding hydrogens is 426 g/mol. The highest BCUT2D eigenvalue weighted by atomic mass is 32.2. The van der Waals surface area contributed by atoms with E-state index >= 15 is 0 Å². The van der Waals surface area contributed by atoms with E-state index in [4.69, 9.17) is 0 Å². The largest absolute Gasteiger partial charge is 0.325 e. The maximum atomic E-state index is 12.7. The molecule has 0 unspecified atom stereocenters. The summed E-state index contributed by atoms with van der Waals surface area (Å²) in [5.74, 6) is -0.629. The number of anilines is 3. The minimum absolute atomic E-state index is 0.173. The van der Waals surface area contributed by atoms with E-state index in [-0.39, 0.29) is 16.7 Å². The van der Waals surface area contributed by atoms with E-state index in [2.05, 4.69) is 15.4 Å². The Kier molecular flexibility index (Phi) is 6.64. The van der Waals surface area contributed by atoms with E-state index in [0.717, 1.165) is 16.7 Å². The fraction of sp³-hybridized carbons (Fsp3) is 0.167. The zero-order chi connectivity index (χ0) is 23.5. The van der Waals surface area contributed by atoms with E-state index in [1.54, 1.807) is 30.3 Å². The summed E-state index contributed by atoms with van der Waals surface area (Å²) < 4.78 is 27.8. The molecule has 3 aromatic rings. The lowest BCUT2D eigenvalue weighted by atomic mass is 10.1. The minimum atomic E-state index is -3.75. The molecule has 0 radical (unpaired) electrons. The van der Waals surface area contributed by atoms with Crippen LogP contribution in [0.5, 0.6) is 0 Å². The van der Waals surface area contributed by atoms with Crippen LogP contribution in [0.25, 0.3) is 0 Å². The predicted octanol–water partition coefficient (Wildman–Crippen LogP) is 4.62. The molecule has 0 saturated heterocycles. The van der Waals surface area contributed by atoms with Crippen LogP contribution in [0, 0.1) is 20.8 Å². The Balaban J connectivity index is 1.76. The van der Waals surface area contributed by atoms with Crippen LogP contribution in [0.15, 0.2) is 65.6 Å². The molecule has 0 bridgehead atoms. The minimum Gasteiger partial charge on any atom is -0.325 e. The van der Waals surface area contributed by atoms with Gasteiger partial charge in [0.15, 0.2) is 0 Å². The number of benzene rings is 3. The van der Waals surface area contributed by atoms with Crippen molar-refractivity contribution in [2.75, 3.05) is 15.4 Å². The normalized spacial score (nSPS) is 11.0. The molecule has 3 aromatic carbocycles. The standard InChI is InChI=1S/C24H25N3O4S/c1-15-5-12-22(25-18(4)28)23(13-15)26-24(29)19-7-9-20(10-8-19)27-32(30,31)21-11-6-16(2)17(3)14-21/h5-14,27H,1-4H3,(H,25,28)(H,26,29). The molecule has 0 saturated carbocycles. The second-order valence-corrected chi connectivity index (χ2v) is 9.30. The average molecular weight is 452 g/mol. The van der Waals surface area contributed by atoms with Crippen molar-refractivity contribution in [2.45, 2.75) is 32.6 Å². The molecule has 0 aromatic heterocycles. The summed E-state index contributed by atoms with van der Waals surface area (Å²) in [6.45, 7) is 7.04. The van der Waals surface area contributed by atoms with E-state index < -0.39 is 10.0 Å². The van der Waals surface area contributed by atoms with Crippen LogP contribution < -0.4 is 15.4 Å². The van der Waals surface area contributed by atoms with Gasteiger partial charge in [0.05, 0.1) is 16.3 Å². The van der Waals surface area contributed by atoms with Crippen LogP contribution in [-0.4, -0.2) is 20.2 Å². The van der Waals surface area contributed by atoms with Crippen LogP contribution in [0.3, 0.4) is 0 Å². The predicted molar refractivity (Wildman–Crippen MR) is 127 cm³/mol. The van der Waals surface area contributed by atoms with E-state index in [0.29, 0.717) is 22.6 Å². The quantitative estimate of drug-likeness (QED) is 0.508. The molecule has 0 spiro atoms. The fourth-order valence-electron chi connectivity index (χ4n) is 3.04. The lowest BCUT2D eigenvalue weighted by Crippen LogP contribution is -2.16. The third-order valence-electron chi connectivity index (χ3n) is 4.92. The van der Waals surface area contributed by atoms with Gasteiger partial charge in [0.25, 0.3) is 15.9 Å². The monoisotopic (exact) mass is 451 g/mol. The van der Waals surface area contributed by atoms with Crippen LogP contribution in [0.4, 0.5) is 17.1 Å². The smallest absolute Gasteiger partial charge is 0.261 e. The fourth-order valence-corrected chi connectivity index (χ4v) is 4.18. The zero-order valence-electron chi connectivity index (χ0n) is 18.3. The van der Waals surface area contributed by atoms with E-state index in [9.17, 15) is 18.0 Å². The third-order valence-corrected chi connectivity index (χ3v) is 6.30. The molecule has 0 aliphatic heterocycles. The molecule has 166 valence electrons. The van der Waals surface area contributed by atoms with Crippen molar-refractivity contribution in [3.63, 3.8) is 0 Å². The van der Waals surface area contributed by atoms with Crippen molar-refractivity contribution in [2.24, 2.45) is 0 Å². The number of rotatable bonds is 6. The highest BCUT2D eigenvalue weighted by Gasteiger charge is 2.16. The highest BCUT2D eigenvalue weighted by Crippen LogP contribution is 2.24. The first-order valence-corrected chi connectivity index (χ1v) is 11.4. The lowest BCUT2D eigenvalue weighted by molar-refractivity contribution is -0.114. The molecule has 7 nitrogen and oxygen atoms in total. The lowest BCUT2D eigenvalue weighted by Gasteiger charge is -2.13. The number of carbonyl (C=O) groups is 2. The Labute approximate surface area is 187 Å². The second kappa shape index (κ2) is 9.23. The summed E-state index contributed by atoms with van der Waals surface area (Å²) in [4.78, 5) is 24.3. The number of sulfonamides is 1. The second-order valence-electron chi connectivity index (χ2n) is 7.61. The van der Waals surface area contributed by atoms with Gasteiger partial charge in [-0.05, 0) is 86.0 Å².